The Labute approximate surface area is 123 Å². The van der Waals surface area contributed by atoms with Crippen LogP contribution in [-0.2, 0) is 10.0 Å². The average molecular weight is 317 g/mol. The molecule has 3 N–H and O–H groups in total. The minimum atomic E-state index is -3.90. The summed E-state index contributed by atoms with van der Waals surface area (Å²) in [6.07, 6.45) is 3.45. The zero-order chi connectivity index (χ0) is 14.9. The molecule has 0 radical (unpaired) electrons. The number of nitrogens with one attached hydrogen (secondary N) is 1. The third kappa shape index (κ3) is 3.31. The molecule has 0 bridgehead atoms. The second-order valence-corrected chi connectivity index (χ2v) is 7.07. The quantitative estimate of drug-likeness (QED) is 0.888. The topological polar surface area (TPSA) is 89.3 Å². The summed E-state index contributed by atoms with van der Waals surface area (Å²) in [5.41, 5.74) is 0.564. The van der Waals surface area contributed by atoms with Crippen molar-refractivity contribution in [1.29, 1.82) is 0 Å². The van der Waals surface area contributed by atoms with Crippen molar-refractivity contribution in [3.8, 4) is 0 Å². The number of nitrogens with two attached hydrogens (primary N) is 1. The molecule has 0 saturated heterocycles. The molecule has 0 heterocycles. The monoisotopic (exact) mass is 316 g/mol. The summed E-state index contributed by atoms with van der Waals surface area (Å²) in [4.78, 5) is 11.9. The smallest absolute Gasteiger partial charge is 0.251 e. The number of benzene rings is 1. The molecular weight excluding hydrogens is 300 g/mol. The normalized spacial score (nSPS) is 15.8. The summed E-state index contributed by atoms with van der Waals surface area (Å²) in [6.45, 7) is 2.16. The fourth-order valence-corrected chi connectivity index (χ4v) is 3.22. The average Bonchev–Trinajstić information content (AvgIpc) is 2.28. The number of sulfonamides is 1. The Balaban J connectivity index is 2.23. The summed E-state index contributed by atoms with van der Waals surface area (Å²) in [6, 6.07) is 2.73. The van der Waals surface area contributed by atoms with Gasteiger partial charge in [0.25, 0.3) is 5.91 Å². The number of carbonyl (C=O) groups excluding carboxylic acids is 1. The molecule has 110 valence electrons. The standard InChI is InChI=1S/C13H17ClN2O3S/c1-8-11(14)5-10(6-12(8)20(15,18)19)13(17)16-7-9-3-2-4-9/h5-6,9H,2-4,7H2,1H3,(H,16,17)(H2,15,18,19). The Bertz CT molecular complexity index is 639. The molecule has 20 heavy (non-hydrogen) atoms. The van der Waals surface area contributed by atoms with E-state index in [1.807, 2.05) is 0 Å². The molecule has 1 aromatic rings. The Morgan fingerprint density at radius 1 is 1.45 bits per heavy atom. The molecular formula is C13H17ClN2O3S. The van der Waals surface area contributed by atoms with Gasteiger partial charge in [-0.25, -0.2) is 13.6 Å². The Morgan fingerprint density at radius 3 is 2.60 bits per heavy atom. The number of hydrogen-bond acceptors (Lipinski definition) is 3. The van der Waals surface area contributed by atoms with E-state index in [4.69, 9.17) is 16.7 Å². The van der Waals surface area contributed by atoms with Gasteiger partial charge in [-0.15, -0.1) is 0 Å². The number of halogens is 1. The van der Waals surface area contributed by atoms with Crippen molar-refractivity contribution in [2.45, 2.75) is 31.1 Å². The second-order valence-electron chi connectivity index (χ2n) is 5.13. The van der Waals surface area contributed by atoms with E-state index < -0.39 is 10.0 Å². The Kier molecular flexibility index (Phi) is 4.36. The maximum Gasteiger partial charge on any atom is 0.251 e. The van der Waals surface area contributed by atoms with E-state index >= 15 is 0 Å². The number of carbonyl (C=O) groups is 1. The predicted molar refractivity (Wildman–Crippen MR) is 77.2 cm³/mol. The molecule has 1 fully saturated rings. The van der Waals surface area contributed by atoms with Gasteiger partial charge in [0.05, 0.1) is 4.90 Å². The number of primary sulfonamides is 1. The van der Waals surface area contributed by atoms with Crippen LogP contribution in [0.2, 0.25) is 5.02 Å². The molecule has 0 aromatic heterocycles. The lowest BCUT2D eigenvalue weighted by Crippen LogP contribution is -2.32. The molecule has 0 unspecified atom stereocenters. The van der Waals surface area contributed by atoms with E-state index in [0.29, 0.717) is 18.0 Å². The molecule has 0 spiro atoms. The van der Waals surface area contributed by atoms with Gasteiger partial charge in [-0.05, 0) is 43.4 Å². The van der Waals surface area contributed by atoms with Crippen LogP contribution in [0.25, 0.3) is 0 Å². The van der Waals surface area contributed by atoms with Crippen molar-refractivity contribution in [1.82, 2.24) is 5.32 Å². The molecule has 0 atom stereocenters. The van der Waals surface area contributed by atoms with E-state index in [9.17, 15) is 13.2 Å². The Morgan fingerprint density at radius 2 is 2.10 bits per heavy atom. The van der Waals surface area contributed by atoms with Crippen LogP contribution in [-0.4, -0.2) is 20.9 Å². The molecule has 7 heteroatoms. The highest BCUT2D eigenvalue weighted by atomic mass is 35.5. The molecule has 1 aliphatic rings. The zero-order valence-corrected chi connectivity index (χ0v) is 12.7. The number of rotatable bonds is 4. The number of hydrogen-bond donors (Lipinski definition) is 2. The fourth-order valence-electron chi connectivity index (χ4n) is 2.12. The van der Waals surface area contributed by atoms with E-state index in [1.165, 1.54) is 18.6 Å². The summed E-state index contributed by atoms with van der Waals surface area (Å²) in [7, 11) is -3.90. The highest BCUT2D eigenvalue weighted by Crippen LogP contribution is 2.26. The molecule has 1 saturated carbocycles. The minimum absolute atomic E-state index is 0.112. The van der Waals surface area contributed by atoms with E-state index in [2.05, 4.69) is 5.32 Å². The van der Waals surface area contributed by atoms with E-state index in [0.717, 1.165) is 12.8 Å². The van der Waals surface area contributed by atoms with Gasteiger partial charge >= 0.3 is 0 Å². The highest BCUT2D eigenvalue weighted by Gasteiger charge is 2.21. The second kappa shape index (κ2) is 5.71. The fraction of sp³-hybridized carbons (Fsp3) is 0.462. The number of amides is 1. The lowest BCUT2D eigenvalue weighted by atomic mass is 9.85. The predicted octanol–water partition coefficient (Wildman–Crippen LogP) is 1.83. The molecule has 1 amide bonds. The largest absolute Gasteiger partial charge is 0.352 e. The molecule has 5 nitrogen and oxygen atoms in total. The van der Waals surface area contributed by atoms with Crippen molar-refractivity contribution in [3.63, 3.8) is 0 Å². The molecule has 0 aliphatic heterocycles. The van der Waals surface area contributed by atoms with Crippen molar-refractivity contribution >= 4 is 27.5 Å². The van der Waals surface area contributed by atoms with Gasteiger partial charge in [0.2, 0.25) is 10.0 Å². The van der Waals surface area contributed by atoms with Crippen LogP contribution < -0.4 is 10.5 Å². The first-order chi connectivity index (χ1) is 9.29. The third-order valence-corrected chi connectivity index (χ3v) is 5.07. The van der Waals surface area contributed by atoms with Crippen molar-refractivity contribution < 1.29 is 13.2 Å². The van der Waals surface area contributed by atoms with Crippen LogP contribution in [0.3, 0.4) is 0 Å². The van der Waals surface area contributed by atoms with E-state index in [-0.39, 0.29) is 21.4 Å². The molecule has 1 aromatic carbocycles. The zero-order valence-electron chi connectivity index (χ0n) is 11.1. The minimum Gasteiger partial charge on any atom is -0.352 e. The van der Waals surface area contributed by atoms with Gasteiger partial charge < -0.3 is 5.32 Å². The first-order valence-electron chi connectivity index (χ1n) is 6.40. The lowest BCUT2D eigenvalue weighted by molar-refractivity contribution is 0.0939. The first-order valence-corrected chi connectivity index (χ1v) is 8.32. The van der Waals surface area contributed by atoms with Crippen molar-refractivity contribution in [2.24, 2.45) is 11.1 Å². The summed E-state index contributed by atoms with van der Waals surface area (Å²) in [5, 5.41) is 8.14. The van der Waals surface area contributed by atoms with Crippen LogP contribution >= 0.6 is 11.6 Å². The van der Waals surface area contributed by atoms with Crippen LogP contribution in [0.5, 0.6) is 0 Å². The highest BCUT2D eigenvalue weighted by molar-refractivity contribution is 7.89. The van der Waals surface area contributed by atoms with Crippen LogP contribution in [0, 0.1) is 12.8 Å². The maximum absolute atomic E-state index is 12.0. The maximum atomic E-state index is 12.0. The van der Waals surface area contributed by atoms with Gasteiger partial charge in [-0.2, -0.15) is 0 Å². The van der Waals surface area contributed by atoms with Crippen molar-refractivity contribution in [3.05, 3.63) is 28.3 Å². The van der Waals surface area contributed by atoms with Crippen LogP contribution in [0.15, 0.2) is 17.0 Å². The first kappa shape index (κ1) is 15.3. The summed E-state index contributed by atoms with van der Waals surface area (Å²) < 4.78 is 23.0. The van der Waals surface area contributed by atoms with E-state index in [1.54, 1.807) is 6.92 Å². The van der Waals surface area contributed by atoms with Gasteiger partial charge in [0.15, 0.2) is 0 Å². The van der Waals surface area contributed by atoms with Crippen molar-refractivity contribution in [2.75, 3.05) is 6.54 Å². The summed E-state index contributed by atoms with van der Waals surface area (Å²) >= 11 is 5.97. The molecule has 1 aliphatic carbocycles. The third-order valence-electron chi connectivity index (χ3n) is 3.64. The SMILES string of the molecule is Cc1c(Cl)cc(C(=O)NCC2CCC2)cc1S(N)(=O)=O. The van der Waals surface area contributed by atoms with Gasteiger partial charge in [0, 0.05) is 17.1 Å². The van der Waals surface area contributed by atoms with Gasteiger partial charge in [-0.3, -0.25) is 4.79 Å². The summed E-state index contributed by atoms with van der Waals surface area (Å²) in [5.74, 6) is 0.196. The molecule has 2 rings (SSSR count). The van der Waals surface area contributed by atoms with Gasteiger partial charge in [0.1, 0.15) is 0 Å². The van der Waals surface area contributed by atoms with Gasteiger partial charge in [-0.1, -0.05) is 18.0 Å². The van der Waals surface area contributed by atoms with Crippen LogP contribution in [0.1, 0.15) is 35.2 Å². The lowest BCUT2D eigenvalue weighted by Gasteiger charge is -2.25. The Hall–Kier alpha value is -1.11. The van der Waals surface area contributed by atoms with Crippen LogP contribution in [0.4, 0.5) is 0 Å².